The van der Waals surface area contributed by atoms with Crippen LogP contribution in [0.25, 0.3) is 0 Å². The van der Waals surface area contributed by atoms with E-state index in [1.807, 2.05) is 0 Å². The van der Waals surface area contributed by atoms with Gasteiger partial charge in [-0.2, -0.15) is 4.80 Å². The molecule has 0 N–H and O–H groups in total. The molecule has 1 aliphatic carbocycles. The molecule has 0 aromatic carbocycles. The summed E-state index contributed by atoms with van der Waals surface area (Å²) in [5.41, 5.74) is 0.106. The van der Waals surface area contributed by atoms with Crippen molar-refractivity contribution in [3.63, 3.8) is 0 Å². The summed E-state index contributed by atoms with van der Waals surface area (Å²) in [6, 6.07) is 0.268. The Morgan fingerprint density at radius 1 is 1.38 bits per heavy atom. The second-order valence-corrected chi connectivity index (χ2v) is 4.30. The van der Waals surface area contributed by atoms with Crippen LogP contribution >= 0.6 is 11.6 Å². The van der Waals surface area contributed by atoms with Gasteiger partial charge < -0.3 is 4.74 Å². The Bertz CT molecular complexity index is 385. The lowest BCUT2D eigenvalue weighted by atomic mass is 9.96. The average molecular weight is 244 g/mol. The van der Waals surface area contributed by atoms with Crippen LogP contribution in [-0.4, -0.2) is 28.1 Å². The van der Waals surface area contributed by atoms with Gasteiger partial charge in [0.05, 0.1) is 13.2 Å². The minimum atomic E-state index is -0.535. The molecule has 1 saturated carbocycles. The maximum absolute atomic E-state index is 11.3. The molecule has 1 fully saturated rings. The lowest BCUT2D eigenvalue weighted by Gasteiger charge is -2.20. The van der Waals surface area contributed by atoms with Gasteiger partial charge in [0, 0.05) is 0 Å². The van der Waals surface area contributed by atoms with Gasteiger partial charge in [0.15, 0.2) is 5.15 Å². The monoisotopic (exact) mass is 243 g/mol. The Kier molecular flexibility index (Phi) is 3.43. The van der Waals surface area contributed by atoms with Gasteiger partial charge >= 0.3 is 5.97 Å². The normalized spacial score (nSPS) is 17.4. The van der Waals surface area contributed by atoms with E-state index < -0.39 is 5.97 Å². The van der Waals surface area contributed by atoms with Crippen LogP contribution in [0, 0.1) is 0 Å². The number of halogens is 1. The van der Waals surface area contributed by atoms with Gasteiger partial charge in [-0.3, -0.25) is 0 Å². The summed E-state index contributed by atoms with van der Waals surface area (Å²) in [5, 5.41) is 8.30. The third-order valence-electron chi connectivity index (χ3n) is 2.87. The lowest BCUT2D eigenvalue weighted by Crippen LogP contribution is -2.16. The Morgan fingerprint density at radius 3 is 2.69 bits per heavy atom. The first-order valence-electron chi connectivity index (χ1n) is 5.43. The molecule has 1 aromatic heterocycles. The van der Waals surface area contributed by atoms with E-state index in [4.69, 9.17) is 11.6 Å². The zero-order chi connectivity index (χ0) is 11.5. The van der Waals surface area contributed by atoms with Crippen LogP contribution in [0.5, 0.6) is 0 Å². The maximum Gasteiger partial charge on any atom is 0.361 e. The number of ether oxygens (including phenoxy) is 1. The second-order valence-electron chi connectivity index (χ2n) is 3.94. The van der Waals surface area contributed by atoms with Crippen molar-refractivity contribution in [2.75, 3.05) is 7.11 Å². The molecule has 0 amide bonds. The summed E-state index contributed by atoms with van der Waals surface area (Å²) < 4.78 is 4.58. The largest absolute Gasteiger partial charge is 0.464 e. The molecule has 0 unspecified atom stereocenters. The minimum absolute atomic E-state index is 0.106. The molecule has 88 valence electrons. The van der Waals surface area contributed by atoms with E-state index in [1.54, 1.807) is 4.80 Å². The first kappa shape index (κ1) is 11.4. The fourth-order valence-electron chi connectivity index (χ4n) is 2.00. The smallest absolute Gasteiger partial charge is 0.361 e. The lowest BCUT2D eigenvalue weighted by molar-refractivity contribution is 0.0592. The van der Waals surface area contributed by atoms with E-state index in [-0.39, 0.29) is 16.9 Å². The van der Waals surface area contributed by atoms with E-state index >= 15 is 0 Å². The number of hydrogen-bond acceptors (Lipinski definition) is 4. The molecular formula is C10H14ClN3O2. The van der Waals surface area contributed by atoms with Crippen LogP contribution in [0.3, 0.4) is 0 Å². The van der Waals surface area contributed by atoms with E-state index in [2.05, 4.69) is 14.9 Å². The number of aromatic nitrogens is 3. The Morgan fingerprint density at radius 2 is 2.06 bits per heavy atom. The van der Waals surface area contributed by atoms with Crippen molar-refractivity contribution in [1.29, 1.82) is 0 Å². The Hall–Kier alpha value is -1.10. The third kappa shape index (κ3) is 2.19. The van der Waals surface area contributed by atoms with Crippen LogP contribution in [-0.2, 0) is 4.74 Å². The summed E-state index contributed by atoms with van der Waals surface area (Å²) in [6.45, 7) is 0. The number of rotatable bonds is 2. The molecule has 1 heterocycles. The minimum Gasteiger partial charge on any atom is -0.464 e. The highest BCUT2D eigenvalue weighted by molar-refractivity contribution is 6.32. The molecule has 2 rings (SSSR count). The molecule has 5 nitrogen and oxygen atoms in total. The Balaban J connectivity index is 2.19. The van der Waals surface area contributed by atoms with Gasteiger partial charge in [-0.15, -0.1) is 10.2 Å². The number of carbonyl (C=O) groups is 1. The molecule has 0 saturated heterocycles. The van der Waals surface area contributed by atoms with Crippen LogP contribution < -0.4 is 0 Å². The van der Waals surface area contributed by atoms with Crippen molar-refractivity contribution >= 4 is 17.6 Å². The van der Waals surface area contributed by atoms with Gasteiger partial charge in [0.2, 0.25) is 5.69 Å². The molecular weight excluding hydrogens is 230 g/mol. The summed E-state index contributed by atoms with van der Waals surface area (Å²) >= 11 is 5.84. The average Bonchev–Trinajstić information content (AvgIpc) is 2.71. The van der Waals surface area contributed by atoms with Crippen LogP contribution in [0.4, 0.5) is 0 Å². The van der Waals surface area contributed by atoms with E-state index in [1.165, 1.54) is 26.4 Å². The zero-order valence-electron chi connectivity index (χ0n) is 9.15. The molecule has 1 aromatic rings. The fourth-order valence-corrected chi connectivity index (χ4v) is 2.19. The number of carbonyl (C=O) groups excluding carboxylic acids is 1. The van der Waals surface area contributed by atoms with Gasteiger partial charge in [-0.25, -0.2) is 4.79 Å². The molecule has 0 atom stereocenters. The van der Waals surface area contributed by atoms with Crippen molar-refractivity contribution in [3.05, 3.63) is 10.8 Å². The highest BCUT2D eigenvalue weighted by atomic mass is 35.5. The third-order valence-corrected chi connectivity index (χ3v) is 3.12. The standard InChI is InChI=1S/C10H14ClN3O2/c1-16-10(15)8-9(11)13-14(12-8)7-5-3-2-4-6-7/h7H,2-6H2,1H3. The summed E-state index contributed by atoms with van der Waals surface area (Å²) in [5.74, 6) is -0.535. The second kappa shape index (κ2) is 4.82. The van der Waals surface area contributed by atoms with Crippen molar-refractivity contribution in [1.82, 2.24) is 15.0 Å². The highest BCUT2D eigenvalue weighted by Crippen LogP contribution is 2.27. The molecule has 16 heavy (non-hydrogen) atoms. The number of nitrogens with zero attached hydrogens (tertiary/aromatic N) is 3. The molecule has 6 heteroatoms. The predicted molar refractivity (Wildman–Crippen MR) is 58.5 cm³/mol. The van der Waals surface area contributed by atoms with E-state index in [9.17, 15) is 4.79 Å². The molecule has 0 radical (unpaired) electrons. The first-order chi connectivity index (χ1) is 7.72. The van der Waals surface area contributed by atoms with Gasteiger partial charge in [-0.1, -0.05) is 30.9 Å². The van der Waals surface area contributed by atoms with E-state index in [0.29, 0.717) is 0 Å². The first-order valence-corrected chi connectivity index (χ1v) is 5.81. The quantitative estimate of drug-likeness (QED) is 0.748. The fraction of sp³-hybridized carbons (Fsp3) is 0.700. The Labute approximate surface area is 98.7 Å². The van der Waals surface area contributed by atoms with Gasteiger partial charge in [0.25, 0.3) is 0 Å². The zero-order valence-corrected chi connectivity index (χ0v) is 9.90. The van der Waals surface area contributed by atoms with Crippen molar-refractivity contribution < 1.29 is 9.53 Å². The summed E-state index contributed by atoms with van der Waals surface area (Å²) in [4.78, 5) is 12.9. The number of methoxy groups -OCH3 is 1. The van der Waals surface area contributed by atoms with Crippen molar-refractivity contribution in [2.45, 2.75) is 38.1 Å². The van der Waals surface area contributed by atoms with Gasteiger partial charge in [-0.05, 0) is 12.8 Å². The summed E-state index contributed by atoms with van der Waals surface area (Å²) in [7, 11) is 1.30. The van der Waals surface area contributed by atoms with Crippen molar-refractivity contribution in [2.24, 2.45) is 0 Å². The molecule has 0 aliphatic heterocycles. The van der Waals surface area contributed by atoms with Crippen LogP contribution in [0.15, 0.2) is 0 Å². The van der Waals surface area contributed by atoms with E-state index in [0.717, 1.165) is 12.8 Å². The topological polar surface area (TPSA) is 57.0 Å². The number of esters is 1. The maximum atomic E-state index is 11.3. The van der Waals surface area contributed by atoms with Gasteiger partial charge in [0.1, 0.15) is 0 Å². The molecule has 0 bridgehead atoms. The SMILES string of the molecule is COC(=O)c1nn(C2CCCCC2)nc1Cl. The predicted octanol–water partition coefficient (Wildman–Crippen LogP) is 2.22. The number of hydrogen-bond donors (Lipinski definition) is 0. The van der Waals surface area contributed by atoms with Crippen LogP contribution in [0.1, 0.15) is 48.6 Å². The summed E-state index contributed by atoms with van der Waals surface area (Å²) in [6.07, 6.45) is 5.71. The molecule has 0 spiro atoms. The molecule has 1 aliphatic rings. The van der Waals surface area contributed by atoms with Crippen LogP contribution in [0.2, 0.25) is 5.15 Å². The van der Waals surface area contributed by atoms with Crippen molar-refractivity contribution in [3.8, 4) is 0 Å². The highest BCUT2D eigenvalue weighted by Gasteiger charge is 2.23.